The lowest BCUT2D eigenvalue weighted by Crippen LogP contribution is -2.23. The monoisotopic (exact) mass is 380 g/mol. The molecule has 2 N–H and O–H groups in total. The number of methoxy groups -OCH3 is 1. The number of hydrogen-bond acceptors (Lipinski definition) is 7. The lowest BCUT2D eigenvalue weighted by Gasteiger charge is -2.08. The number of sulfonamides is 1. The Morgan fingerprint density at radius 3 is 2.78 bits per heavy atom. The van der Waals surface area contributed by atoms with Gasteiger partial charge in [0, 0.05) is 5.02 Å². The van der Waals surface area contributed by atoms with E-state index in [9.17, 15) is 18.3 Å². The number of carbonyl (C=O) groups excluding carboxylic acids is 1. The molecule has 1 heterocycles. The van der Waals surface area contributed by atoms with Crippen LogP contribution in [0.2, 0.25) is 10.0 Å². The van der Waals surface area contributed by atoms with Gasteiger partial charge in [-0.05, 0) is 12.1 Å². The number of nitrogens with one attached hydrogen (secondary N) is 1. The van der Waals surface area contributed by atoms with E-state index in [2.05, 4.69) is 14.4 Å². The number of aromatic nitrogens is 1. The van der Waals surface area contributed by atoms with Gasteiger partial charge in [-0.2, -0.15) is 0 Å². The molecule has 124 valence electrons. The number of esters is 1. The number of ether oxygens (including phenoxy) is 1. The summed E-state index contributed by atoms with van der Waals surface area (Å²) in [5.41, 5.74) is -0.102. The Balaban J connectivity index is 2.19. The average Bonchev–Trinajstić information content (AvgIpc) is 2.97. The molecule has 8 nitrogen and oxygen atoms in total. The average molecular weight is 381 g/mol. The number of nitrogens with zero attached hydrogens (tertiary/aromatic N) is 1. The van der Waals surface area contributed by atoms with Crippen LogP contribution in [0.25, 0.3) is 0 Å². The van der Waals surface area contributed by atoms with E-state index in [1.807, 2.05) is 0 Å². The summed E-state index contributed by atoms with van der Waals surface area (Å²) in [6.45, 7) is -0.358. The van der Waals surface area contributed by atoms with Gasteiger partial charge in [0.05, 0.1) is 18.7 Å². The molecule has 11 heteroatoms. The summed E-state index contributed by atoms with van der Waals surface area (Å²) in [4.78, 5) is 14.5. The van der Waals surface area contributed by atoms with Crippen molar-refractivity contribution >= 4 is 39.2 Å². The summed E-state index contributed by atoms with van der Waals surface area (Å²) >= 11 is 11.4. The molecule has 0 amide bonds. The fourth-order valence-electron chi connectivity index (χ4n) is 1.57. The quantitative estimate of drug-likeness (QED) is 0.760. The Labute approximate surface area is 141 Å². The molecule has 0 aliphatic carbocycles. The van der Waals surface area contributed by atoms with Gasteiger partial charge in [0.2, 0.25) is 15.9 Å². The Morgan fingerprint density at radius 2 is 2.13 bits per heavy atom. The van der Waals surface area contributed by atoms with E-state index in [1.54, 1.807) is 0 Å². The molecule has 0 saturated heterocycles. The van der Waals surface area contributed by atoms with Gasteiger partial charge in [0.25, 0.3) is 0 Å². The highest BCUT2D eigenvalue weighted by atomic mass is 35.5. The standard InChI is InChI=1S/C12H10Cl2N2O6S/c1-21-12(18)8-5-22-10(16-8)4-15-23(19,20)9-3-6(13)2-7(14)11(9)17/h2-3,5,15,17H,4H2,1H3. The number of hydrogen-bond donors (Lipinski definition) is 2. The second-order valence-corrected chi connectivity index (χ2v) is 6.76. The van der Waals surface area contributed by atoms with Crippen molar-refractivity contribution in [3.8, 4) is 5.75 Å². The normalized spacial score (nSPS) is 11.4. The summed E-state index contributed by atoms with van der Waals surface area (Å²) < 4.78 is 35.9. The van der Waals surface area contributed by atoms with E-state index in [0.717, 1.165) is 12.3 Å². The zero-order valence-electron chi connectivity index (χ0n) is 11.5. The molecule has 0 fully saturated rings. The third-order valence-corrected chi connectivity index (χ3v) is 4.56. The van der Waals surface area contributed by atoms with Gasteiger partial charge >= 0.3 is 5.97 Å². The molecule has 1 aromatic heterocycles. The third kappa shape index (κ3) is 3.94. The van der Waals surface area contributed by atoms with Crippen molar-refractivity contribution < 1.29 is 27.5 Å². The molecule has 2 rings (SSSR count). The van der Waals surface area contributed by atoms with Crippen molar-refractivity contribution in [1.82, 2.24) is 9.71 Å². The number of halogens is 2. The highest BCUT2D eigenvalue weighted by Crippen LogP contribution is 2.34. The first kappa shape index (κ1) is 17.5. The van der Waals surface area contributed by atoms with Gasteiger partial charge < -0.3 is 14.3 Å². The van der Waals surface area contributed by atoms with Crippen LogP contribution < -0.4 is 4.72 Å². The number of aromatic hydroxyl groups is 1. The molecular formula is C12H10Cl2N2O6S. The lowest BCUT2D eigenvalue weighted by molar-refractivity contribution is 0.0594. The van der Waals surface area contributed by atoms with Crippen LogP contribution in [0.15, 0.2) is 27.7 Å². The Morgan fingerprint density at radius 1 is 1.43 bits per heavy atom. The zero-order chi connectivity index (χ0) is 17.2. The smallest absolute Gasteiger partial charge is 0.360 e. The van der Waals surface area contributed by atoms with E-state index in [1.165, 1.54) is 13.2 Å². The van der Waals surface area contributed by atoms with E-state index in [-0.39, 0.29) is 28.2 Å². The summed E-state index contributed by atoms with van der Waals surface area (Å²) in [5.74, 6) is -1.42. The first-order chi connectivity index (χ1) is 10.7. The predicted molar refractivity (Wildman–Crippen MR) is 80.0 cm³/mol. The Kier molecular flexibility index (Phi) is 5.15. The van der Waals surface area contributed by atoms with E-state index < -0.39 is 26.6 Å². The first-order valence-electron chi connectivity index (χ1n) is 5.95. The molecule has 23 heavy (non-hydrogen) atoms. The molecule has 1 aromatic carbocycles. The van der Waals surface area contributed by atoms with Crippen LogP contribution in [0, 0.1) is 0 Å². The van der Waals surface area contributed by atoms with Crippen LogP contribution >= 0.6 is 23.2 Å². The van der Waals surface area contributed by atoms with Crippen molar-refractivity contribution in [1.29, 1.82) is 0 Å². The number of phenols is 1. The van der Waals surface area contributed by atoms with E-state index >= 15 is 0 Å². The minimum atomic E-state index is -4.14. The van der Waals surface area contributed by atoms with Crippen molar-refractivity contribution in [2.75, 3.05) is 7.11 Å². The highest BCUT2D eigenvalue weighted by Gasteiger charge is 2.22. The number of benzene rings is 1. The maximum atomic E-state index is 12.2. The minimum Gasteiger partial charge on any atom is -0.505 e. The van der Waals surface area contributed by atoms with E-state index in [0.29, 0.717) is 0 Å². The Hall–Kier alpha value is -1.81. The van der Waals surface area contributed by atoms with Crippen LogP contribution in [0.4, 0.5) is 0 Å². The van der Waals surface area contributed by atoms with Crippen molar-refractivity contribution in [3.63, 3.8) is 0 Å². The third-order valence-electron chi connectivity index (χ3n) is 2.64. The molecule has 0 saturated carbocycles. The highest BCUT2D eigenvalue weighted by molar-refractivity contribution is 7.89. The van der Waals surface area contributed by atoms with Crippen LogP contribution in [0.3, 0.4) is 0 Å². The van der Waals surface area contributed by atoms with Crippen molar-refractivity contribution in [3.05, 3.63) is 40.0 Å². The summed E-state index contributed by atoms with van der Waals surface area (Å²) in [5, 5.41) is 9.59. The molecular weight excluding hydrogens is 371 g/mol. The molecule has 0 atom stereocenters. The van der Waals surface area contributed by atoms with E-state index in [4.69, 9.17) is 27.6 Å². The molecule has 0 unspecified atom stereocenters. The predicted octanol–water partition coefficient (Wildman–Crippen LogP) is 1.95. The fourth-order valence-corrected chi connectivity index (χ4v) is 3.30. The van der Waals surface area contributed by atoms with Gasteiger partial charge in [-0.1, -0.05) is 23.2 Å². The second-order valence-electron chi connectivity index (χ2n) is 4.18. The minimum absolute atomic E-state index is 0.0391. The maximum Gasteiger partial charge on any atom is 0.360 e. The molecule has 2 aromatic rings. The zero-order valence-corrected chi connectivity index (χ0v) is 13.9. The molecule has 0 spiro atoms. The van der Waals surface area contributed by atoms with Crippen molar-refractivity contribution in [2.45, 2.75) is 11.4 Å². The van der Waals surface area contributed by atoms with Gasteiger partial charge in [-0.3, -0.25) is 0 Å². The first-order valence-corrected chi connectivity index (χ1v) is 8.19. The number of carbonyl (C=O) groups is 1. The van der Waals surface area contributed by atoms with Crippen molar-refractivity contribution in [2.24, 2.45) is 0 Å². The van der Waals surface area contributed by atoms with Gasteiger partial charge in [-0.15, -0.1) is 0 Å². The molecule has 0 aliphatic heterocycles. The van der Waals surface area contributed by atoms with Gasteiger partial charge in [0.1, 0.15) is 11.2 Å². The summed E-state index contributed by atoms with van der Waals surface area (Å²) in [7, 11) is -2.96. The summed E-state index contributed by atoms with van der Waals surface area (Å²) in [6, 6.07) is 2.24. The van der Waals surface area contributed by atoms with Crippen LogP contribution in [-0.2, 0) is 21.3 Å². The number of rotatable bonds is 5. The molecule has 0 radical (unpaired) electrons. The Bertz CT molecular complexity index is 849. The lowest BCUT2D eigenvalue weighted by atomic mass is 10.3. The number of phenolic OH excluding ortho intramolecular Hbond substituents is 1. The molecule has 0 aliphatic rings. The van der Waals surface area contributed by atoms with Gasteiger partial charge in [0.15, 0.2) is 11.4 Å². The SMILES string of the molecule is COC(=O)c1coc(CNS(=O)(=O)c2cc(Cl)cc(Cl)c2O)n1. The van der Waals surface area contributed by atoms with Crippen LogP contribution in [-0.4, -0.2) is 31.6 Å². The van der Waals surface area contributed by atoms with Gasteiger partial charge in [-0.25, -0.2) is 22.9 Å². The maximum absolute atomic E-state index is 12.2. The second kappa shape index (κ2) is 6.75. The fraction of sp³-hybridized carbons (Fsp3) is 0.167. The largest absolute Gasteiger partial charge is 0.505 e. The number of oxazole rings is 1. The summed E-state index contributed by atoms with van der Waals surface area (Å²) in [6.07, 6.45) is 1.03. The molecule has 0 bridgehead atoms. The topological polar surface area (TPSA) is 119 Å². The van der Waals surface area contributed by atoms with Crippen LogP contribution in [0.1, 0.15) is 16.4 Å². The van der Waals surface area contributed by atoms with Crippen LogP contribution in [0.5, 0.6) is 5.75 Å².